The standard InChI is InChI=1S/C44H77N5O4/c1-35(2)21-18-24-38(5)27-19-25-36(3)22-14-15-23-37(4)26-20-28-39(6)31-32-41(50)47-33-16-10-11-17-34-48-43(52)44(53)49-42(51)30-13-9-7-8-12-29-40(45)46/h21-23,27-28,44,53H,7-20,24-26,29-34H2,1-6H3,(H3,45,46)(H,47,50)(H,48,52)(H,49,51)/b36-22?,37-23?,38-27+,39-28?. The van der Waals surface area contributed by atoms with Gasteiger partial charge in [-0.15, -0.1) is 0 Å². The monoisotopic (exact) mass is 740 g/mol. The lowest BCUT2D eigenvalue weighted by Crippen LogP contribution is -2.46. The molecular weight excluding hydrogens is 663 g/mol. The van der Waals surface area contributed by atoms with E-state index in [0.717, 1.165) is 109 Å². The maximum atomic E-state index is 12.3. The molecule has 0 saturated heterocycles. The number of unbranched alkanes of at least 4 members (excludes halogenated alkanes) is 8. The smallest absolute Gasteiger partial charge is 0.269 e. The van der Waals surface area contributed by atoms with Gasteiger partial charge in [-0.3, -0.25) is 19.8 Å². The first-order valence-corrected chi connectivity index (χ1v) is 20.4. The van der Waals surface area contributed by atoms with Crippen molar-refractivity contribution in [3.05, 3.63) is 58.2 Å². The van der Waals surface area contributed by atoms with Crippen molar-refractivity contribution in [1.82, 2.24) is 16.0 Å². The minimum absolute atomic E-state index is 0.0794. The molecule has 3 amide bonds. The van der Waals surface area contributed by atoms with Crippen molar-refractivity contribution < 1.29 is 19.5 Å². The Morgan fingerprint density at radius 1 is 0.528 bits per heavy atom. The molecule has 9 heteroatoms. The number of amidine groups is 1. The number of rotatable bonds is 32. The van der Waals surface area contributed by atoms with Crippen LogP contribution in [0.25, 0.3) is 0 Å². The number of hydrogen-bond donors (Lipinski definition) is 6. The van der Waals surface area contributed by atoms with Crippen molar-refractivity contribution in [2.45, 2.75) is 183 Å². The molecule has 0 radical (unpaired) electrons. The first kappa shape index (κ1) is 49.5. The van der Waals surface area contributed by atoms with Crippen molar-refractivity contribution >= 4 is 23.6 Å². The molecule has 9 nitrogen and oxygen atoms in total. The summed E-state index contributed by atoms with van der Waals surface area (Å²) in [7, 11) is 0. The van der Waals surface area contributed by atoms with Crippen LogP contribution in [0.4, 0.5) is 0 Å². The third-order valence-corrected chi connectivity index (χ3v) is 9.17. The molecule has 1 atom stereocenters. The fourth-order valence-corrected chi connectivity index (χ4v) is 5.71. The summed E-state index contributed by atoms with van der Waals surface area (Å²) in [6.45, 7) is 14.2. The van der Waals surface area contributed by atoms with Crippen LogP contribution >= 0.6 is 0 Å². The largest absolute Gasteiger partial charge is 0.388 e. The number of carbonyl (C=O) groups excluding carboxylic acids is 3. The maximum absolute atomic E-state index is 12.3. The molecule has 0 aliphatic heterocycles. The Balaban J connectivity index is 3.90. The van der Waals surface area contributed by atoms with Crippen LogP contribution < -0.4 is 21.7 Å². The maximum Gasteiger partial charge on any atom is 0.269 e. The Kier molecular flexibility index (Phi) is 31.0. The van der Waals surface area contributed by atoms with Gasteiger partial charge < -0.3 is 26.8 Å². The molecule has 0 rings (SSSR count). The number of aliphatic hydroxyl groups is 1. The molecule has 0 fully saturated rings. The fraction of sp³-hybridized carbons (Fsp3) is 0.682. The summed E-state index contributed by atoms with van der Waals surface area (Å²) in [5.74, 6) is -0.664. The zero-order valence-corrected chi connectivity index (χ0v) is 34.5. The van der Waals surface area contributed by atoms with Crippen molar-refractivity contribution in [3.63, 3.8) is 0 Å². The number of aliphatic hydroxyl groups excluding tert-OH is 1. The highest BCUT2D eigenvalue weighted by molar-refractivity contribution is 5.86. The van der Waals surface area contributed by atoms with E-state index in [9.17, 15) is 19.5 Å². The predicted octanol–water partition coefficient (Wildman–Crippen LogP) is 9.53. The highest BCUT2D eigenvalue weighted by Crippen LogP contribution is 2.15. The molecular formula is C44H77N5O4. The fourth-order valence-electron chi connectivity index (χ4n) is 5.71. The Bertz CT molecular complexity index is 1210. The lowest BCUT2D eigenvalue weighted by Gasteiger charge is -2.13. The van der Waals surface area contributed by atoms with E-state index in [1.54, 1.807) is 0 Å². The van der Waals surface area contributed by atoms with E-state index in [0.29, 0.717) is 32.4 Å². The van der Waals surface area contributed by atoms with Gasteiger partial charge in [-0.25, -0.2) is 0 Å². The summed E-state index contributed by atoms with van der Waals surface area (Å²) < 4.78 is 0. The zero-order valence-electron chi connectivity index (χ0n) is 34.5. The van der Waals surface area contributed by atoms with Gasteiger partial charge in [0.25, 0.3) is 5.91 Å². The van der Waals surface area contributed by atoms with Gasteiger partial charge in [-0.2, -0.15) is 0 Å². The van der Waals surface area contributed by atoms with E-state index >= 15 is 0 Å². The minimum atomic E-state index is -1.55. The number of nitrogens with two attached hydrogens (primary N) is 1. The van der Waals surface area contributed by atoms with Gasteiger partial charge in [0.1, 0.15) is 0 Å². The normalized spacial score (nSPS) is 13.0. The van der Waals surface area contributed by atoms with Gasteiger partial charge in [0.05, 0.1) is 5.84 Å². The number of nitrogens with one attached hydrogen (secondary N) is 4. The highest BCUT2D eigenvalue weighted by Gasteiger charge is 2.16. The number of amides is 3. The average molecular weight is 740 g/mol. The summed E-state index contributed by atoms with van der Waals surface area (Å²) in [6.07, 6.45) is 28.9. The summed E-state index contributed by atoms with van der Waals surface area (Å²) in [5, 5.41) is 25.2. The second-order valence-corrected chi connectivity index (χ2v) is 15.0. The van der Waals surface area contributed by atoms with E-state index in [1.807, 2.05) is 0 Å². The quantitative estimate of drug-likeness (QED) is 0.0133. The Morgan fingerprint density at radius 3 is 1.49 bits per heavy atom. The summed E-state index contributed by atoms with van der Waals surface area (Å²) >= 11 is 0. The number of allylic oxidation sites excluding steroid dienone is 10. The van der Waals surface area contributed by atoms with Gasteiger partial charge in [0.15, 0.2) is 0 Å². The van der Waals surface area contributed by atoms with Crippen LogP contribution in [0.5, 0.6) is 0 Å². The highest BCUT2D eigenvalue weighted by atomic mass is 16.3. The van der Waals surface area contributed by atoms with Crippen LogP contribution in [0.15, 0.2) is 58.2 Å². The molecule has 0 bridgehead atoms. The molecule has 0 aromatic heterocycles. The van der Waals surface area contributed by atoms with Crippen LogP contribution in [0, 0.1) is 5.41 Å². The van der Waals surface area contributed by atoms with Gasteiger partial charge >= 0.3 is 0 Å². The van der Waals surface area contributed by atoms with Crippen LogP contribution in [0.3, 0.4) is 0 Å². The molecule has 1 unspecified atom stereocenters. The second-order valence-electron chi connectivity index (χ2n) is 15.0. The van der Waals surface area contributed by atoms with E-state index in [2.05, 4.69) is 87.9 Å². The number of carbonyl (C=O) groups is 3. The molecule has 53 heavy (non-hydrogen) atoms. The molecule has 7 N–H and O–H groups in total. The third kappa shape index (κ3) is 34.1. The van der Waals surface area contributed by atoms with Crippen LogP contribution in [0.1, 0.15) is 176 Å². The summed E-state index contributed by atoms with van der Waals surface area (Å²) in [6, 6.07) is 0. The minimum Gasteiger partial charge on any atom is -0.388 e. The third-order valence-electron chi connectivity index (χ3n) is 9.17. The Labute approximate surface area is 323 Å². The Morgan fingerprint density at radius 2 is 0.962 bits per heavy atom. The molecule has 0 aliphatic rings. The van der Waals surface area contributed by atoms with Gasteiger partial charge in [0.2, 0.25) is 18.0 Å². The Hall–Kier alpha value is -3.46. The molecule has 0 saturated carbocycles. The topological polar surface area (TPSA) is 157 Å². The van der Waals surface area contributed by atoms with Crippen molar-refractivity contribution in [3.8, 4) is 0 Å². The lowest BCUT2D eigenvalue weighted by molar-refractivity contribution is -0.136. The van der Waals surface area contributed by atoms with Crippen molar-refractivity contribution in [1.29, 1.82) is 5.41 Å². The van der Waals surface area contributed by atoms with Crippen LogP contribution in [0.2, 0.25) is 0 Å². The molecule has 0 aromatic carbocycles. The SMILES string of the molecule is CC(C)=CCC/C(C)=C/CCC(C)=CCCC=C(C)CCC=C(C)CCC(=O)NCCCCCCNC(=O)C(O)NC(=O)CCCCCCCC(=N)N. The van der Waals surface area contributed by atoms with Crippen molar-refractivity contribution in [2.24, 2.45) is 5.73 Å². The van der Waals surface area contributed by atoms with Gasteiger partial charge in [0, 0.05) is 32.4 Å². The molecule has 0 spiro atoms. The number of hydrogen-bond acceptors (Lipinski definition) is 5. The van der Waals surface area contributed by atoms with Gasteiger partial charge in [-0.1, -0.05) is 90.3 Å². The predicted molar refractivity (Wildman–Crippen MR) is 223 cm³/mol. The summed E-state index contributed by atoms with van der Waals surface area (Å²) in [4.78, 5) is 36.3. The van der Waals surface area contributed by atoms with E-state index in [4.69, 9.17) is 11.1 Å². The lowest BCUT2D eigenvalue weighted by atomic mass is 10.0. The van der Waals surface area contributed by atoms with E-state index < -0.39 is 12.1 Å². The average Bonchev–Trinajstić information content (AvgIpc) is 3.09. The molecule has 0 aromatic rings. The molecule has 302 valence electrons. The van der Waals surface area contributed by atoms with Crippen LogP contribution in [-0.4, -0.2) is 48.0 Å². The second kappa shape index (κ2) is 33.1. The molecule has 0 aliphatic carbocycles. The van der Waals surface area contributed by atoms with Gasteiger partial charge in [-0.05, 0) is 125 Å². The van der Waals surface area contributed by atoms with E-state index in [-0.39, 0.29) is 24.1 Å². The summed E-state index contributed by atoms with van der Waals surface area (Å²) in [5.41, 5.74) is 12.4. The zero-order chi connectivity index (χ0) is 39.7. The van der Waals surface area contributed by atoms with Crippen molar-refractivity contribution in [2.75, 3.05) is 13.1 Å². The molecule has 0 heterocycles. The van der Waals surface area contributed by atoms with Crippen LogP contribution in [-0.2, 0) is 14.4 Å². The van der Waals surface area contributed by atoms with E-state index in [1.165, 1.54) is 27.9 Å². The first-order chi connectivity index (χ1) is 25.3. The first-order valence-electron chi connectivity index (χ1n) is 20.4.